The van der Waals surface area contributed by atoms with Crippen LogP contribution in [0.15, 0.2) is 29.2 Å². The fraction of sp³-hybridized carbons (Fsp3) is 0.533. The summed E-state index contributed by atoms with van der Waals surface area (Å²) in [5, 5.41) is 0.0863. The Balaban J connectivity index is 1.70. The Bertz CT molecular complexity index is 466. The number of amides is 1. The highest BCUT2D eigenvalue weighted by Crippen LogP contribution is 2.37. The molecule has 2 unspecified atom stereocenters. The van der Waals surface area contributed by atoms with Crippen molar-refractivity contribution in [2.75, 3.05) is 26.7 Å². The van der Waals surface area contributed by atoms with Gasteiger partial charge in [-0.3, -0.25) is 4.79 Å². The number of hydrogen-bond donors (Lipinski definition) is 0. The average molecular weight is 276 g/mol. The third-order valence-corrected chi connectivity index (χ3v) is 5.34. The molecule has 19 heavy (non-hydrogen) atoms. The van der Waals surface area contributed by atoms with Crippen LogP contribution >= 0.6 is 11.8 Å². The number of hydrogen-bond acceptors (Lipinski definition) is 3. The summed E-state index contributed by atoms with van der Waals surface area (Å²) in [6.45, 7) is 4.99. The lowest BCUT2D eigenvalue weighted by atomic mass is 10.1. The highest BCUT2D eigenvalue weighted by Gasteiger charge is 2.34. The van der Waals surface area contributed by atoms with Crippen LogP contribution in [0.5, 0.6) is 0 Å². The van der Waals surface area contributed by atoms with Crippen LogP contribution in [-0.2, 0) is 11.2 Å². The monoisotopic (exact) mass is 276 g/mol. The minimum absolute atomic E-state index is 0.0863. The topological polar surface area (TPSA) is 23.6 Å². The number of carbonyl (C=O) groups excluding carboxylic acids is 1. The number of fused-ring (bicyclic) bond motifs is 1. The van der Waals surface area contributed by atoms with Crippen molar-refractivity contribution < 1.29 is 4.79 Å². The molecule has 2 aliphatic rings. The maximum Gasteiger partial charge on any atom is 0.236 e. The van der Waals surface area contributed by atoms with E-state index in [1.807, 2.05) is 0 Å². The van der Waals surface area contributed by atoms with E-state index < -0.39 is 0 Å². The van der Waals surface area contributed by atoms with Crippen LogP contribution < -0.4 is 0 Å². The lowest BCUT2D eigenvalue weighted by Crippen LogP contribution is -2.54. The SMILES string of the molecule is CC1CN(C)CCN1C(=O)C1Cc2ccccc2S1. The molecule has 0 N–H and O–H groups in total. The van der Waals surface area contributed by atoms with Gasteiger partial charge in [-0.15, -0.1) is 11.8 Å². The Morgan fingerprint density at radius 2 is 2.11 bits per heavy atom. The van der Waals surface area contributed by atoms with Gasteiger partial charge in [-0.1, -0.05) is 18.2 Å². The molecule has 1 aromatic rings. The van der Waals surface area contributed by atoms with Gasteiger partial charge in [-0.25, -0.2) is 0 Å². The van der Waals surface area contributed by atoms with Crippen molar-refractivity contribution in [1.29, 1.82) is 0 Å². The molecule has 0 spiro atoms. The molecule has 3 rings (SSSR count). The minimum Gasteiger partial charge on any atom is -0.336 e. The molecule has 102 valence electrons. The smallest absolute Gasteiger partial charge is 0.236 e. The van der Waals surface area contributed by atoms with Crippen LogP contribution in [0.3, 0.4) is 0 Å². The van der Waals surface area contributed by atoms with E-state index in [1.54, 1.807) is 11.8 Å². The van der Waals surface area contributed by atoms with E-state index in [0.29, 0.717) is 11.9 Å². The van der Waals surface area contributed by atoms with Gasteiger partial charge in [0.15, 0.2) is 0 Å². The third kappa shape index (κ3) is 2.51. The summed E-state index contributed by atoms with van der Waals surface area (Å²) < 4.78 is 0. The van der Waals surface area contributed by atoms with Gasteiger partial charge in [-0.2, -0.15) is 0 Å². The summed E-state index contributed by atoms with van der Waals surface area (Å²) in [6, 6.07) is 8.71. The molecule has 0 saturated carbocycles. The summed E-state index contributed by atoms with van der Waals surface area (Å²) >= 11 is 1.74. The fourth-order valence-electron chi connectivity index (χ4n) is 2.97. The first-order valence-corrected chi connectivity index (χ1v) is 7.76. The first-order chi connectivity index (χ1) is 9.15. The number of likely N-dealkylation sites (N-methyl/N-ethyl adjacent to an activating group) is 1. The second-order valence-electron chi connectivity index (χ2n) is 5.56. The molecule has 1 aromatic carbocycles. The fourth-order valence-corrected chi connectivity index (χ4v) is 4.24. The van der Waals surface area contributed by atoms with Gasteiger partial charge in [0.25, 0.3) is 0 Å². The molecule has 0 radical (unpaired) electrons. The normalized spacial score (nSPS) is 27.4. The summed E-state index contributed by atoms with van der Waals surface area (Å²) in [6.07, 6.45) is 0.888. The van der Waals surface area contributed by atoms with Crippen molar-refractivity contribution in [3.8, 4) is 0 Å². The molecule has 1 fully saturated rings. The zero-order chi connectivity index (χ0) is 13.4. The van der Waals surface area contributed by atoms with Crippen LogP contribution in [0.1, 0.15) is 12.5 Å². The number of rotatable bonds is 1. The largest absolute Gasteiger partial charge is 0.336 e. The van der Waals surface area contributed by atoms with Crippen molar-refractivity contribution in [3.05, 3.63) is 29.8 Å². The quantitative estimate of drug-likeness (QED) is 0.782. The number of carbonyl (C=O) groups is 1. The lowest BCUT2D eigenvalue weighted by Gasteiger charge is -2.39. The van der Waals surface area contributed by atoms with Crippen molar-refractivity contribution in [1.82, 2.24) is 9.80 Å². The first-order valence-electron chi connectivity index (χ1n) is 6.89. The van der Waals surface area contributed by atoms with E-state index in [1.165, 1.54) is 10.5 Å². The van der Waals surface area contributed by atoms with Crippen LogP contribution in [0.25, 0.3) is 0 Å². The van der Waals surface area contributed by atoms with Gasteiger partial charge >= 0.3 is 0 Å². The lowest BCUT2D eigenvalue weighted by molar-refractivity contribution is -0.134. The predicted octanol–water partition coefficient (Wildman–Crippen LogP) is 1.87. The molecule has 1 saturated heterocycles. The minimum atomic E-state index is 0.0863. The van der Waals surface area contributed by atoms with E-state index in [4.69, 9.17) is 0 Å². The number of nitrogens with zero attached hydrogens (tertiary/aromatic N) is 2. The molecule has 0 aliphatic carbocycles. The van der Waals surface area contributed by atoms with Crippen molar-refractivity contribution in [2.24, 2.45) is 0 Å². The second-order valence-corrected chi connectivity index (χ2v) is 6.81. The molecule has 2 heterocycles. The van der Waals surface area contributed by atoms with Crippen molar-refractivity contribution in [3.63, 3.8) is 0 Å². The molecule has 2 atom stereocenters. The van der Waals surface area contributed by atoms with Gasteiger partial charge in [0.2, 0.25) is 5.91 Å². The number of piperazine rings is 1. The van der Waals surface area contributed by atoms with Gasteiger partial charge in [0.1, 0.15) is 0 Å². The zero-order valence-electron chi connectivity index (χ0n) is 11.5. The number of benzene rings is 1. The summed E-state index contributed by atoms with van der Waals surface area (Å²) in [5.41, 5.74) is 1.33. The Morgan fingerprint density at radius 1 is 1.32 bits per heavy atom. The zero-order valence-corrected chi connectivity index (χ0v) is 12.3. The van der Waals surface area contributed by atoms with Crippen molar-refractivity contribution >= 4 is 17.7 Å². The van der Waals surface area contributed by atoms with E-state index in [9.17, 15) is 4.79 Å². The maximum absolute atomic E-state index is 12.7. The molecule has 0 aromatic heterocycles. The van der Waals surface area contributed by atoms with Gasteiger partial charge in [0, 0.05) is 30.6 Å². The van der Waals surface area contributed by atoms with Crippen LogP contribution in [0.4, 0.5) is 0 Å². The highest BCUT2D eigenvalue weighted by molar-refractivity contribution is 8.01. The molecule has 2 aliphatic heterocycles. The van der Waals surface area contributed by atoms with Crippen molar-refractivity contribution in [2.45, 2.75) is 29.5 Å². The summed E-state index contributed by atoms with van der Waals surface area (Å²) in [5.74, 6) is 0.321. The Hall–Kier alpha value is -1.00. The summed E-state index contributed by atoms with van der Waals surface area (Å²) in [4.78, 5) is 18.3. The Kier molecular flexibility index (Phi) is 3.54. The molecule has 1 amide bonds. The number of thioether (sulfide) groups is 1. The van der Waals surface area contributed by atoms with Crippen LogP contribution in [0, 0.1) is 0 Å². The first kappa shape index (κ1) is 13.0. The Labute approximate surface area is 119 Å². The van der Waals surface area contributed by atoms with E-state index in [-0.39, 0.29) is 5.25 Å². The van der Waals surface area contributed by atoms with Gasteiger partial charge in [-0.05, 0) is 32.0 Å². The molecule has 0 bridgehead atoms. The van der Waals surface area contributed by atoms with Gasteiger partial charge in [0.05, 0.1) is 5.25 Å². The Morgan fingerprint density at radius 3 is 2.84 bits per heavy atom. The second kappa shape index (κ2) is 5.17. The van der Waals surface area contributed by atoms with Gasteiger partial charge < -0.3 is 9.80 Å². The van der Waals surface area contributed by atoms with Crippen LogP contribution in [0.2, 0.25) is 0 Å². The maximum atomic E-state index is 12.7. The molecule has 4 heteroatoms. The van der Waals surface area contributed by atoms with E-state index in [0.717, 1.165) is 26.1 Å². The standard InChI is InChI=1S/C15H20N2OS/c1-11-10-16(2)7-8-17(11)15(18)14-9-12-5-3-4-6-13(12)19-14/h3-6,11,14H,7-10H2,1-2H3. The van der Waals surface area contributed by atoms with E-state index in [2.05, 4.69) is 48.0 Å². The average Bonchev–Trinajstić information content (AvgIpc) is 2.81. The highest BCUT2D eigenvalue weighted by atomic mass is 32.2. The predicted molar refractivity (Wildman–Crippen MR) is 78.5 cm³/mol. The van der Waals surface area contributed by atoms with Crippen LogP contribution in [-0.4, -0.2) is 53.7 Å². The summed E-state index contributed by atoms with van der Waals surface area (Å²) in [7, 11) is 2.12. The molecule has 3 nitrogen and oxygen atoms in total. The van der Waals surface area contributed by atoms with E-state index >= 15 is 0 Å². The third-order valence-electron chi connectivity index (χ3n) is 4.04. The molecular weight excluding hydrogens is 256 g/mol. The molecular formula is C15H20N2OS.